The Morgan fingerprint density at radius 2 is 2.22 bits per heavy atom. The Kier molecular flexibility index (Phi) is 3.72. The van der Waals surface area contributed by atoms with Crippen LogP contribution in [0.15, 0.2) is 37.2 Å². The first-order valence-electron chi connectivity index (χ1n) is 6.05. The van der Waals surface area contributed by atoms with E-state index in [4.69, 9.17) is 0 Å². The van der Waals surface area contributed by atoms with Crippen LogP contribution in [0.5, 0.6) is 0 Å². The van der Waals surface area contributed by atoms with Gasteiger partial charge in [0.05, 0.1) is 6.54 Å². The number of aromatic nitrogens is 4. The van der Waals surface area contributed by atoms with Crippen molar-refractivity contribution in [2.75, 3.05) is 0 Å². The van der Waals surface area contributed by atoms with Crippen molar-refractivity contribution in [2.24, 2.45) is 5.92 Å². The SMILES string of the molecule is CC(C)CC(O)(Cn1cncn1)c1cccnc1. The molecule has 1 N–H and O–H groups in total. The molecule has 0 bridgehead atoms. The van der Waals surface area contributed by atoms with Crippen molar-refractivity contribution < 1.29 is 5.11 Å². The Labute approximate surface area is 107 Å². The first-order chi connectivity index (χ1) is 8.60. The lowest BCUT2D eigenvalue weighted by molar-refractivity contribution is -0.00525. The van der Waals surface area contributed by atoms with E-state index in [2.05, 4.69) is 28.9 Å². The van der Waals surface area contributed by atoms with Crippen molar-refractivity contribution in [2.45, 2.75) is 32.4 Å². The third-order valence-corrected chi connectivity index (χ3v) is 2.83. The van der Waals surface area contributed by atoms with Crippen molar-refractivity contribution in [1.82, 2.24) is 19.7 Å². The molecule has 1 atom stereocenters. The predicted octanol–water partition coefficient (Wildman–Crippen LogP) is 1.61. The topological polar surface area (TPSA) is 63.8 Å². The summed E-state index contributed by atoms with van der Waals surface area (Å²) in [5.41, 5.74) is -0.148. The van der Waals surface area contributed by atoms with Crippen LogP contribution in [0.1, 0.15) is 25.8 Å². The first-order valence-corrected chi connectivity index (χ1v) is 6.05. The van der Waals surface area contributed by atoms with Gasteiger partial charge < -0.3 is 5.11 Å². The summed E-state index contributed by atoms with van der Waals surface area (Å²) in [6.45, 7) is 4.56. The fourth-order valence-corrected chi connectivity index (χ4v) is 2.17. The standard InChI is InChI=1S/C13H18N4O/c1-11(2)6-13(18,8-17-10-15-9-16-17)12-4-3-5-14-7-12/h3-5,7,9-11,18H,6,8H2,1-2H3. The molecule has 2 rings (SSSR count). The van der Waals surface area contributed by atoms with Gasteiger partial charge in [0, 0.05) is 18.0 Å². The average molecular weight is 246 g/mol. The molecule has 0 fully saturated rings. The Hall–Kier alpha value is -1.75. The molecule has 2 aromatic heterocycles. The summed E-state index contributed by atoms with van der Waals surface area (Å²) < 4.78 is 1.65. The summed E-state index contributed by atoms with van der Waals surface area (Å²) in [6.07, 6.45) is 7.15. The summed E-state index contributed by atoms with van der Waals surface area (Å²) >= 11 is 0. The number of pyridine rings is 1. The molecule has 0 aliphatic rings. The zero-order valence-corrected chi connectivity index (χ0v) is 10.7. The monoisotopic (exact) mass is 246 g/mol. The second kappa shape index (κ2) is 5.27. The van der Waals surface area contributed by atoms with E-state index in [0.717, 1.165) is 5.56 Å². The Bertz CT molecular complexity index is 469. The molecule has 18 heavy (non-hydrogen) atoms. The zero-order valence-electron chi connectivity index (χ0n) is 10.7. The maximum Gasteiger partial charge on any atom is 0.137 e. The van der Waals surface area contributed by atoms with Crippen LogP contribution in [-0.4, -0.2) is 24.9 Å². The highest BCUT2D eigenvalue weighted by Crippen LogP contribution is 2.29. The molecule has 0 aromatic carbocycles. The van der Waals surface area contributed by atoms with Crippen molar-refractivity contribution in [3.8, 4) is 0 Å². The second-order valence-corrected chi connectivity index (χ2v) is 4.96. The molecule has 0 saturated carbocycles. The minimum absolute atomic E-state index is 0.374. The Morgan fingerprint density at radius 3 is 2.78 bits per heavy atom. The summed E-state index contributed by atoms with van der Waals surface area (Å²) in [4.78, 5) is 7.99. The summed E-state index contributed by atoms with van der Waals surface area (Å²) in [7, 11) is 0. The lowest BCUT2D eigenvalue weighted by Crippen LogP contribution is -2.33. The largest absolute Gasteiger partial charge is 0.383 e. The van der Waals surface area contributed by atoms with E-state index in [-0.39, 0.29) is 0 Å². The molecule has 0 saturated heterocycles. The molecule has 0 spiro atoms. The number of nitrogens with zero attached hydrogens (tertiary/aromatic N) is 4. The predicted molar refractivity (Wildman–Crippen MR) is 67.6 cm³/mol. The summed E-state index contributed by atoms with van der Waals surface area (Å²) in [5.74, 6) is 0.374. The highest BCUT2D eigenvalue weighted by Gasteiger charge is 2.31. The van der Waals surface area contributed by atoms with Crippen molar-refractivity contribution in [1.29, 1.82) is 0 Å². The van der Waals surface area contributed by atoms with Crippen LogP contribution in [0.4, 0.5) is 0 Å². The van der Waals surface area contributed by atoms with Crippen molar-refractivity contribution in [3.63, 3.8) is 0 Å². The maximum absolute atomic E-state index is 10.9. The van der Waals surface area contributed by atoms with E-state index in [0.29, 0.717) is 18.9 Å². The van der Waals surface area contributed by atoms with Gasteiger partial charge in [-0.1, -0.05) is 19.9 Å². The van der Waals surface area contributed by atoms with Crippen LogP contribution in [0, 0.1) is 5.92 Å². The van der Waals surface area contributed by atoms with E-state index in [9.17, 15) is 5.11 Å². The van der Waals surface area contributed by atoms with Gasteiger partial charge in [-0.2, -0.15) is 5.10 Å². The lowest BCUT2D eigenvalue weighted by Gasteiger charge is -2.29. The molecule has 0 radical (unpaired) electrons. The number of hydrogen-bond donors (Lipinski definition) is 1. The van der Waals surface area contributed by atoms with Crippen LogP contribution >= 0.6 is 0 Å². The minimum atomic E-state index is -0.962. The van der Waals surface area contributed by atoms with E-state index >= 15 is 0 Å². The van der Waals surface area contributed by atoms with Crippen LogP contribution < -0.4 is 0 Å². The number of hydrogen-bond acceptors (Lipinski definition) is 4. The molecule has 0 amide bonds. The third-order valence-electron chi connectivity index (χ3n) is 2.83. The molecular formula is C13H18N4O. The summed E-state index contributed by atoms with van der Waals surface area (Å²) in [5, 5.41) is 15.0. The highest BCUT2D eigenvalue weighted by molar-refractivity contribution is 5.18. The molecule has 0 aliphatic carbocycles. The third kappa shape index (κ3) is 2.92. The smallest absolute Gasteiger partial charge is 0.137 e. The second-order valence-electron chi connectivity index (χ2n) is 4.96. The minimum Gasteiger partial charge on any atom is -0.383 e. The van der Waals surface area contributed by atoms with Gasteiger partial charge in [-0.25, -0.2) is 9.67 Å². The molecule has 2 heterocycles. The van der Waals surface area contributed by atoms with Crippen LogP contribution in [0.2, 0.25) is 0 Å². The van der Waals surface area contributed by atoms with Crippen LogP contribution in [-0.2, 0) is 12.1 Å². The van der Waals surface area contributed by atoms with Gasteiger partial charge in [-0.15, -0.1) is 0 Å². The van der Waals surface area contributed by atoms with Gasteiger partial charge in [0.1, 0.15) is 18.3 Å². The normalized spacial score (nSPS) is 14.7. The summed E-state index contributed by atoms with van der Waals surface area (Å²) in [6, 6.07) is 3.73. The fourth-order valence-electron chi connectivity index (χ4n) is 2.17. The van der Waals surface area contributed by atoms with Gasteiger partial charge in [-0.05, 0) is 18.4 Å². The molecule has 96 valence electrons. The average Bonchev–Trinajstić information content (AvgIpc) is 2.81. The van der Waals surface area contributed by atoms with Gasteiger partial charge in [0.15, 0.2) is 0 Å². The maximum atomic E-state index is 10.9. The molecule has 2 aromatic rings. The highest BCUT2D eigenvalue weighted by atomic mass is 16.3. The van der Waals surface area contributed by atoms with E-state index in [1.54, 1.807) is 23.4 Å². The van der Waals surface area contributed by atoms with Gasteiger partial charge in [-0.3, -0.25) is 4.98 Å². The van der Waals surface area contributed by atoms with Gasteiger partial charge >= 0.3 is 0 Å². The van der Waals surface area contributed by atoms with Gasteiger partial charge in [0.25, 0.3) is 0 Å². The lowest BCUT2D eigenvalue weighted by atomic mass is 9.86. The molecule has 1 unspecified atom stereocenters. The van der Waals surface area contributed by atoms with Crippen molar-refractivity contribution in [3.05, 3.63) is 42.7 Å². The first kappa shape index (κ1) is 12.7. The van der Waals surface area contributed by atoms with Crippen LogP contribution in [0.25, 0.3) is 0 Å². The van der Waals surface area contributed by atoms with Crippen LogP contribution in [0.3, 0.4) is 0 Å². The van der Waals surface area contributed by atoms with E-state index in [1.807, 2.05) is 12.1 Å². The number of aliphatic hydroxyl groups is 1. The molecule has 5 nitrogen and oxygen atoms in total. The molecular weight excluding hydrogens is 228 g/mol. The number of rotatable bonds is 5. The fraction of sp³-hybridized carbons (Fsp3) is 0.462. The molecule has 5 heteroatoms. The van der Waals surface area contributed by atoms with Gasteiger partial charge in [0.2, 0.25) is 0 Å². The quantitative estimate of drug-likeness (QED) is 0.870. The Morgan fingerprint density at radius 1 is 1.39 bits per heavy atom. The van der Waals surface area contributed by atoms with Crippen molar-refractivity contribution >= 4 is 0 Å². The zero-order chi connectivity index (χ0) is 13.0. The van der Waals surface area contributed by atoms with E-state index < -0.39 is 5.60 Å². The molecule has 0 aliphatic heterocycles. The van der Waals surface area contributed by atoms with E-state index in [1.165, 1.54) is 6.33 Å². The Balaban J connectivity index is 2.28.